The lowest BCUT2D eigenvalue weighted by Crippen LogP contribution is -2.48. The van der Waals surface area contributed by atoms with Crippen LogP contribution in [-0.4, -0.2) is 50.3 Å². The van der Waals surface area contributed by atoms with Gasteiger partial charge in [0.1, 0.15) is 0 Å². The van der Waals surface area contributed by atoms with Crippen LogP contribution in [0.2, 0.25) is 0 Å². The molecule has 0 radical (unpaired) electrons. The van der Waals surface area contributed by atoms with Crippen LogP contribution in [0.1, 0.15) is 40.0 Å². The summed E-state index contributed by atoms with van der Waals surface area (Å²) in [4.78, 5) is 2.60. The van der Waals surface area contributed by atoms with E-state index in [2.05, 4.69) is 31.0 Å². The molecule has 1 aliphatic heterocycles. The fourth-order valence-corrected chi connectivity index (χ4v) is 2.77. The van der Waals surface area contributed by atoms with Crippen LogP contribution < -0.4 is 5.32 Å². The Balaban J connectivity index is 2.43. The lowest BCUT2D eigenvalue weighted by Gasteiger charge is -2.35. The number of nitrogens with one attached hydrogen (secondary N) is 1. The van der Waals surface area contributed by atoms with Crippen molar-refractivity contribution in [2.45, 2.75) is 46.1 Å². The van der Waals surface area contributed by atoms with Crippen LogP contribution in [0.15, 0.2) is 0 Å². The van der Waals surface area contributed by atoms with Crippen LogP contribution in [0.25, 0.3) is 0 Å². The maximum atomic E-state index is 5.65. The molecular weight excluding hydrogens is 212 g/mol. The predicted molar refractivity (Wildman–Crippen MR) is 73.4 cm³/mol. The monoisotopic (exact) mass is 242 g/mol. The van der Waals surface area contributed by atoms with Gasteiger partial charge in [0.25, 0.3) is 0 Å². The summed E-state index contributed by atoms with van der Waals surface area (Å²) < 4.78 is 5.65. The summed E-state index contributed by atoms with van der Waals surface area (Å²) in [6, 6.07) is 0.657. The molecule has 0 amide bonds. The highest BCUT2D eigenvalue weighted by Gasteiger charge is 2.26. The minimum atomic E-state index is 0.657. The quantitative estimate of drug-likeness (QED) is 0.705. The van der Waals surface area contributed by atoms with Crippen molar-refractivity contribution in [1.29, 1.82) is 0 Å². The van der Waals surface area contributed by atoms with Crippen LogP contribution in [0.3, 0.4) is 0 Å². The minimum Gasteiger partial charge on any atom is -0.381 e. The van der Waals surface area contributed by atoms with Gasteiger partial charge in [-0.05, 0) is 38.9 Å². The molecule has 17 heavy (non-hydrogen) atoms. The van der Waals surface area contributed by atoms with Gasteiger partial charge in [-0.2, -0.15) is 0 Å². The second kappa shape index (κ2) is 8.90. The lowest BCUT2D eigenvalue weighted by molar-refractivity contribution is 0.0169. The summed E-state index contributed by atoms with van der Waals surface area (Å²) in [7, 11) is 0. The van der Waals surface area contributed by atoms with Crippen molar-refractivity contribution >= 4 is 0 Å². The van der Waals surface area contributed by atoms with Crippen LogP contribution in [0, 0.1) is 5.92 Å². The molecule has 1 aliphatic rings. The van der Waals surface area contributed by atoms with E-state index in [0.29, 0.717) is 12.0 Å². The highest BCUT2D eigenvalue weighted by molar-refractivity contribution is 4.81. The number of ether oxygens (including phenoxy) is 1. The Bertz CT molecular complexity index is 179. The van der Waals surface area contributed by atoms with Crippen molar-refractivity contribution in [2.24, 2.45) is 5.92 Å². The van der Waals surface area contributed by atoms with Crippen molar-refractivity contribution < 1.29 is 4.74 Å². The summed E-state index contributed by atoms with van der Waals surface area (Å²) in [6.45, 7) is 13.3. The summed E-state index contributed by atoms with van der Waals surface area (Å²) in [5.41, 5.74) is 0. The molecule has 1 N–H and O–H groups in total. The zero-order chi connectivity index (χ0) is 12.5. The largest absolute Gasteiger partial charge is 0.381 e. The second-order valence-electron chi connectivity index (χ2n) is 5.09. The number of nitrogens with zero attached hydrogens (tertiary/aromatic N) is 1. The zero-order valence-corrected chi connectivity index (χ0v) is 11.9. The zero-order valence-electron chi connectivity index (χ0n) is 11.9. The van der Waals surface area contributed by atoms with Crippen LogP contribution >= 0.6 is 0 Å². The van der Waals surface area contributed by atoms with Crippen LogP contribution in [0.5, 0.6) is 0 Å². The van der Waals surface area contributed by atoms with Crippen molar-refractivity contribution in [3.8, 4) is 0 Å². The summed E-state index contributed by atoms with van der Waals surface area (Å²) >= 11 is 0. The average Bonchev–Trinajstić information content (AvgIpc) is 2.33. The number of hydrogen-bond acceptors (Lipinski definition) is 3. The number of hydrogen-bond donors (Lipinski definition) is 1. The van der Waals surface area contributed by atoms with E-state index in [0.717, 1.165) is 19.8 Å². The molecular formula is C14H30N2O. The molecule has 3 nitrogen and oxygen atoms in total. The molecule has 1 saturated heterocycles. The molecule has 2 unspecified atom stereocenters. The molecule has 102 valence electrons. The van der Waals surface area contributed by atoms with Gasteiger partial charge in [-0.3, -0.25) is 0 Å². The fourth-order valence-electron chi connectivity index (χ4n) is 2.77. The Morgan fingerprint density at radius 1 is 1.18 bits per heavy atom. The van der Waals surface area contributed by atoms with Crippen LogP contribution in [0.4, 0.5) is 0 Å². The summed E-state index contributed by atoms with van der Waals surface area (Å²) in [5.74, 6) is 0.668. The Hall–Kier alpha value is -0.120. The second-order valence-corrected chi connectivity index (χ2v) is 5.09. The van der Waals surface area contributed by atoms with Gasteiger partial charge in [-0.1, -0.05) is 20.8 Å². The van der Waals surface area contributed by atoms with E-state index < -0.39 is 0 Å². The summed E-state index contributed by atoms with van der Waals surface area (Å²) in [6.07, 6.45) is 3.67. The first-order valence-electron chi connectivity index (χ1n) is 7.35. The molecule has 0 aliphatic carbocycles. The molecule has 1 rings (SSSR count). The van der Waals surface area contributed by atoms with Crippen molar-refractivity contribution in [1.82, 2.24) is 10.2 Å². The molecule has 0 saturated carbocycles. The first-order chi connectivity index (χ1) is 8.31. The average molecular weight is 242 g/mol. The Labute approximate surface area is 107 Å². The van der Waals surface area contributed by atoms with Gasteiger partial charge in [-0.15, -0.1) is 0 Å². The SMILES string of the molecule is CCCN(CCC)CC1COCCC1NCC. The predicted octanol–water partition coefficient (Wildman–Crippen LogP) is 2.12. The van der Waals surface area contributed by atoms with Crippen molar-refractivity contribution in [3.63, 3.8) is 0 Å². The third-order valence-electron chi connectivity index (χ3n) is 3.51. The topological polar surface area (TPSA) is 24.5 Å². The van der Waals surface area contributed by atoms with Gasteiger partial charge in [-0.25, -0.2) is 0 Å². The maximum Gasteiger partial charge on any atom is 0.0521 e. The third kappa shape index (κ3) is 5.36. The van der Waals surface area contributed by atoms with E-state index in [1.165, 1.54) is 38.9 Å². The molecule has 1 fully saturated rings. The molecule has 0 bridgehead atoms. The molecule has 1 heterocycles. The van der Waals surface area contributed by atoms with Gasteiger partial charge < -0.3 is 15.0 Å². The normalized spacial score (nSPS) is 25.4. The molecule has 3 heteroatoms. The molecule has 0 aromatic rings. The van der Waals surface area contributed by atoms with Crippen molar-refractivity contribution in [2.75, 3.05) is 39.4 Å². The van der Waals surface area contributed by atoms with E-state index in [1.807, 2.05) is 0 Å². The lowest BCUT2D eigenvalue weighted by atomic mass is 9.95. The Morgan fingerprint density at radius 3 is 2.47 bits per heavy atom. The smallest absolute Gasteiger partial charge is 0.0521 e. The standard InChI is InChI=1S/C14H30N2O/c1-4-8-16(9-5-2)11-13-12-17-10-7-14(13)15-6-3/h13-15H,4-12H2,1-3H3. The molecule has 0 aromatic heterocycles. The van der Waals surface area contributed by atoms with E-state index in [-0.39, 0.29) is 0 Å². The molecule has 0 aromatic carbocycles. The van der Waals surface area contributed by atoms with Gasteiger partial charge >= 0.3 is 0 Å². The number of rotatable bonds is 8. The molecule has 0 spiro atoms. The van der Waals surface area contributed by atoms with E-state index in [4.69, 9.17) is 4.74 Å². The molecule has 2 atom stereocenters. The van der Waals surface area contributed by atoms with Gasteiger partial charge in [0.05, 0.1) is 6.61 Å². The first-order valence-corrected chi connectivity index (χ1v) is 7.35. The Kier molecular flexibility index (Phi) is 7.82. The summed E-state index contributed by atoms with van der Waals surface area (Å²) in [5, 5.41) is 3.62. The van der Waals surface area contributed by atoms with Gasteiger partial charge in [0, 0.05) is 25.1 Å². The van der Waals surface area contributed by atoms with E-state index in [1.54, 1.807) is 0 Å². The van der Waals surface area contributed by atoms with Crippen LogP contribution in [-0.2, 0) is 4.74 Å². The highest BCUT2D eigenvalue weighted by Crippen LogP contribution is 2.16. The third-order valence-corrected chi connectivity index (χ3v) is 3.51. The fraction of sp³-hybridized carbons (Fsp3) is 1.00. The minimum absolute atomic E-state index is 0.657. The van der Waals surface area contributed by atoms with E-state index in [9.17, 15) is 0 Å². The van der Waals surface area contributed by atoms with E-state index >= 15 is 0 Å². The highest BCUT2D eigenvalue weighted by atomic mass is 16.5. The Morgan fingerprint density at radius 2 is 1.88 bits per heavy atom. The van der Waals surface area contributed by atoms with Gasteiger partial charge in [0.15, 0.2) is 0 Å². The van der Waals surface area contributed by atoms with Gasteiger partial charge in [0.2, 0.25) is 0 Å². The van der Waals surface area contributed by atoms with Crippen molar-refractivity contribution in [3.05, 3.63) is 0 Å². The first kappa shape index (κ1) is 14.9. The maximum absolute atomic E-state index is 5.65.